The third-order valence-corrected chi connectivity index (χ3v) is 5.73. The minimum atomic E-state index is -0.908. The summed E-state index contributed by atoms with van der Waals surface area (Å²) in [6, 6.07) is 15.8. The normalized spacial score (nSPS) is 13.1. The Morgan fingerprint density at radius 3 is 2.66 bits per heavy atom. The van der Waals surface area contributed by atoms with Gasteiger partial charge in [-0.2, -0.15) is 5.26 Å². The number of hydrogen-bond acceptors (Lipinski definition) is 6. The van der Waals surface area contributed by atoms with Gasteiger partial charge < -0.3 is 9.73 Å². The predicted octanol–water partition coefficient (Wildman–Crippen LogP) is 3.73. The van der Waals surface area contributed by atoms with E-state index in [9.17, 15) is 10.1 Å². The van der Waals surface area contributed by atoms with Crippen molar-refractivity contribution in [2.45, 2.75) is 38.0 Å². The molecular formula is C21H23N5O2S. The van der Waals surface area contributed by atoms with Crippen molar-refractivity contribution in [2.24, 2.45) is 5.92 Å². The first-order valence-corrected chi connectivity index (χ1v) is 10.3. The summed E-state index contributed by atoms with van der Waals surface area (Å²) in [6.07, 6.45) is 1.59. The monoisotopic (exact) mass is 409 g/mol. The van der Waals surface area contributed by atoms with Crippen LogP contribution in [0.2, 0.25) is 0 Å². The van der Waals surface area contributed by atoms with E-state index in [0.717, 1.165) is 5.56 Å². The Morgan fingerprint density at radius 2 is 2.03 bits per heavy atom. The van der Waals surface area contributed by atoms with Gasteiger partial charge in [-0.25, -0.2) is 0 Å². The van der Waals surface area contributed by atoms with Crippen LogP contribution in [0.1, 0.15) is 26.3 Å². The number of amides is 1. The van der Waals surface area contributed by atoms with Gasteiger partial charge in [-0.05, 0) is 30.5 Å². The highest BCUT2D eigenvalue weighted by molar-refractivity contribution is 7.99. The van der Waals surface area contributed by atoms with Crippen LogP contribution in [0, 0.1) is 17.2 Å². The van der Waals surface area contributed by atoms with Crippen molar-refractivity contribution in [3.63, 3.8) is 0 Å². The molecule has 0 unspecified atom stereocenters. The van der Waals surface area contributed by atoms with Gasteiger partial charge in [0.05, 0.1) is 24.6 Å². The maximum atomic E-state index is 12.4. The highest BCUT2D eigenvalue weighted by Gasteiger charge is 2.30. The minimum Gasteiger partial charge on any atom is -0.461 e. The van der Waals surface area contributed by atoms with Crippen LogP contribution in [0.15, 0.2) is 58.3 Å². The Balaban J connectivity index is 1.79. The third-order valence-electron chi connectivity index (χ3n) is 4.76. The molecule has 8 heteroatoms. The van der Waals surface area contributed by atoms with Gasteiger partial charge in [0.25, 0.3) is 0 Å². The zero-order chi connectivity index (χ0) is 20.9. The van der Waals surface area contributed by atoms with Crippen LogP contribution in [0.25, 0.3) is 11.6 Å². The molecule has 0 aliphatic rings. The number of carbonyl (C=O) groups excluding carboxylic acids is 1. The molecule has 2 aromatic heterocycles. The molecule has 1 N–H and O–H groups in total. The Bertz CT molecular complexity index is 992. The number of carbonyl (C=O) groups is 1. The van der Waals surface area contributed by atoms with Gasteiger partial charge in [0.2, 0.25) is 11.7 Å². The number of aromatic nitrogens is 3. The van der Waals surface area contributed by atoms with E-state index < -0.39 is 5.54 Å². The molecule has 0 saturated heterocycles. The van der Waals surface area contributed by atoms with E-state index in [2.05, 4.69) is 21.6 Å². The molecule has 0 aliphatic carbocycles. The fraction of sp³-hybridized carbons (Fsp3) is 0.333. The summed E-state index contributed by atoms with van der Waals surface area (Å²) in [7, 11) is 0. The second-order valence-electron chi connectivity index (χ2n) is 7.16. The average molecular weight is 410 g/mol. The summed E-state index contributed by atoms with van der Waals surface area (Å²) in [5.41, 5.74) is 0.178. The molecule has 3 aromatic rings. The first-order valence-electron chi connectivity index (χ1n) is 9.29. The summed E-state index contributed by atoms with van der Waals surface area (Å²) in [5.74, 6) is 1.12. The Labute approximate surface area is 174 Å². The Morgan fingerprint density at radius 1 is 1.28 bits per heavy atom. The zero-order valence-corrected chi connectivity index (χ0v) is 17.4. The largest absolute Gasteiger partial charge is 0.461 e. The molecule has 0 bridgehead atoms. The number of nitriles is 1. The second-order valence-corrected chi connectivity index (χ2v) is 8.10. The molecule has 1 amide bonds. The van der Waals surface area contributed by atoms with Gasteiger partial charge >= 0.3 is 0 Å². The molecule has 3 rings (SSSR count). The summed E-state index contributed by atoms with van der Waals surface area (Å²) in [5, 5.41) is 21.4. The number of nitrogens with zero attached hydrogens (tertiary/aromatic N) is 4. The van der Waals surface area contributed by atoms with Crippen LogP contribution in [0.3, 0.4) is 0 Å². The fourth-order valence-electron chi connectivity index (χ4n) is 2.65. The van der Waals surface area contributed by atoms with Gasteiger partial charge in [0.1, 0.15) is 5.54 Å². The Kier molecular flexibility index (Phi) is 6.39. The number of nitrogens with one attached hydrogen (secondary N) is 1. The van der Waals surface area contributed by atoms with Crippen LogP contribution in [-0.2, 0) is 11.3 Å². The van der Waals surface area contributed by atoms with Crippen molar-refractivity contribution >= 4 is 17.7 Å². The summed E-state index contributed by atoms with van der Waals surface area (Å²) in [4.78, 5) is 12.4. The molecule has 1 atom stereocenters. The zero-order valence-electron chi connectivity index (χ0n) is 16.6. The predicted molar refractivity (Wildman–Crippen MR) is 111 cm³/mol. The number of rotatable bonds is 8. The van der Waals surface area contributed by atoms with Crippen LogP contribution in [-0.4, -0.2) is 32.0 Å². The maximum Gasteiger partial charge on any atom is 0.231 e. The van der Waals surface area contributed by atoms with Crippen LogP contribution in [0.5, 0.6) is 0 Å². The molecule has 29 heavy (non-hydrogen) atoms. The van der Waals surface area contributed by atoms with Crippen molar-refractivity contribution in [2.75, 3.05) is 5.75 Å². The lowest BCUT2D eigenvalue weighted by Crippen LogP contribution is -2.49. The first kappa shape index (κ1) is 20.7. The third kappa shape index (κ3) is 4.87. The highest BCUT2D eigenvalue weighted by atomic mass is 32.2. The first-order chi connectivity index (χ1) is 13.9. The second kappa shape index (κ2) is 8.97. The SMILES string of the molecule is CC(C)[C@@](C)(C#N)NC(=O)CSc1nnc(-c2ccco2)n1Cc1ccccc1. The lowest BCUT2D eigenvalue weighted by molar-refractivity contribution is -0.120. The smallest absolute Gasteiger partial charge is 0.231 e. The van der Waals surface area contributed by atoms with Crippen molar-refractivity contribution in [3.05, 3.63) is 54.3 Å². The van der Waals surface area contributed by atoms with E-state index >= 15 is 0 Å². The average Bonchev–Trinajstić information content (AvgIpc) is 3.37. The molecule has 0 saturated carbocycles. The quantitative estimate of drug-likeness (QED) is 0.569. The van der Waals surface area contributed by atoms with Gasteiger partial charge in [-0.3, -0.25) is 9.36 Å². The van der Waals surface area contributed by atoms with Crippen LogP contribution >= 0.6 is 11.8 Å². The van der Waals surface area contributed by atoms with E-state index in [-0.39, 0.29) is 17.6 Å². The molecule has 2 heterocycles. The van der Waals surface area contributed by atoms with Crippen molar-refractivity contribution in [3.8, 4) is 17.7 Å². The molecular weight excluding hydrogens is 386 g/mol. The molecule has 0 fully saturated rings. The van der Waals surface area contributed by atoms with Gasteiger partial charge in [0.15, 0.2) is 10.9 Å². The lowest BCUT2D eigenvalue weighted by Gasteiger charge is -2.27. The molecule has 150 valence electrons. The van der Waals surface area contributed by atoms with E-state index in [0.29, 0.717) is 23.3 Å². The summed E-state index contributed by atoms with van der Waals surface area (Å²) in [6.45, 7) is 6.09. The maximum absolute atomic E-state index is 12.4. The summed E-state index contributed by atoms with van der Waals surface area (Å²) >= 11 is 1.28. The van der Waals surface area contributed by atoms with Crippen LogP contribution in [0.4, 0.5) is 0 Å². The van der Waals surface area contributed by atoms with E-state index in [1.165, 1.54) is 11.8 Å². The molecule has 0 spiro atoms. The van der Waals surface area contributed by atoms with Crippen LogP contribution < -0.4 is 5.32 Å². The van der Waals surface area contributed by atoms with E-state index in [1.807, 2.05) is 54.8 Å². The number of furan rings is 1. The fourth-order valence-corrected chi connectivity index (χ4v) is 3.39. The lowest BCUT2D eigenvalue weighted by atomic mass is 9.90. The van der Waals surface area contributed by atoms with Gasteiger partial charge in [0, 0.05) is 0 Å². The topological polar surface area (TPSA) is 96.7 Å². The number of hydrogen-bond donors (Lipinski definition) is 1. The summed E-state index contributed by atoms with van der Waals surface area (Å²) < 4.78 is 7.42. The highest BCUT2D eigenvalue weighted by Crippen LogP contribution is 2.26. The van der Waals surface area contributed by atoms with Crippen molar-refractivity contribution < 1.29 is 9.21 Å². The molecule has 0 radical (unpaired) electrons. The molecule has 1 aromatic carbocycles. The van der Waals surface area contributed by atoms with Crippen molar-refractivity contribution in [1.29, 1.82) is 5.26 Å². The van der Waals surface area contributed by atoms with E-state index in [1.54, 1.807) is 19.3 Å². The Hall–Kier alpha value is -3.05. The molecule has 7 nitrogen and oxygen atoms in total. The molecule has 0 aliphatic heterocycles. The van der Waals surface area contributed by atoms with Crippen molar-refractivity contribution in [1.82, 2.24) is 20.1 Å². The van der Waals surface area contributed by atoms with E-state index in [4.69, 9.17) is 4.42 Å². The number of thioether (sulfide) groups is 1. The standard InChI is InChI=1S/C21H23N5O2S/c1-15(2)21(3,14-22)23-18(27)13-29-20-25-24-19(17-10-7-11-28-17)26(20)12-16-8-5-4-6-9-16/h4-11,15H,12-13H2,1-3H3,(H,23,27)/t21-/m1/s1. The van der Waals surface area contributed by atoms with Gasteiger partial charge in [-0.1, -0.05) is 55.9 Å². The number of benzene rings is 1. The minimum absolute atomic E-state index is 0.00580. The van der Waals surface area contributed by atoms with Gasteiger partial charge in [-0.15, -0.1) is 10.2 Å².